The van der Waals surface area contributed by atoms with E-state index in [9.17, 15) is 4.79 Å². The summed E-state index contributed by atoms with van der Waals surface area (Å²) in [5.41, 5.74) is 1.47. The average molecular weight is 291 g/mol. The number of carbonyl (C=O) groups is 1. The summed E-state index contributed by atoms with van der Waals surface area (Å²) in [5, 5.41) is 13.3. The summed E-state index contributed by atoms with van der Waals surface area (Å²) in [6, 6.07) is 9.16. The predicted octanol–water partition coefficient (Wildman–Crippen LogP) is 2.94. The second kappa shape index (κ2) is 6.19. The first-order chi connectivity index (χ1) is 9.72. The topological polar surface area (TPSA) is 49.3 Å². The van der Waals surface area contributed by atoms with Gasteiger partial charge in [-0.15, -0.1) is 11.8 Å². The van der Waals surface area contributed by atoms with Crippen LogP contribution in [-0.2, 0) is 11.2 Å². The number of hydrogen-bond acceptors (Lipinski definition) is 3. The molecule has 1 saturated carbocycles. The molecular formula is C16H21NO2S. The molecule has 1 aromatic carbocycles. The lowest BCUT2D eigenvalue weighted by atomic mass is 9.86. The summed E-state index contributed by atoms with van der Waals surface area (Å²) in [7, 11) is 0. The minimum absolute atomic E-state index is 0.113. The largest absolute Gasteiger partial charge is 0.481 e. The molecule has 0 saturated heterocycles. The molecule has 1 aliphatic carbocycles. The molecule has 1 unspecified atom stereocenters. The van der Waals surface area contributed by atoms with E-state index >= 15 is 0 Å². The Morgan fingerprint density at radius 2 is 2.00 bits per heavy atom. The zero-order chi connectivity index (χ0) is 13.9. The third kappa shape index (κ3) is 3.18. The van der Waals surface area contributed by atoms with Crippen LogP contribution in [0.4, 0.5) is 0 Å². The van der Waals surface area contributed by atoms with Crippen LogP contribution in [0.15, 0.2) is 29.2 Å². The van der Waals surface area contributed by atoms with Gasteiger partial charge in [-0.25, -0.2) is 0 Å². The summed E-state index contributed by atoms with van der Waals surface area (Å²) in [5.74, 6) is -0.733. The van der Waals surface area contributed by atoms with Gasteiger partial charge in [-0.2, -0.15) is 0 Å². The smallest absolute Gasteiger partial charge is 0.306 e. The van der Waals surface area contributed by atoms with Crippen LogP contribution in [0.25, 0.3) is 0 Å². The van der Waals surface area contributed by atoms with Crippen molar-refractivity contribution >= 4 is 17.7 Å². The van der Waals surface area contributed by atoms with Crippen molar-refractivity contribution in [1.29, 1.82) is 0 Å². The first kappa shape index (κ1) is 14.0. The molecule has 108 valence electrons. The SMILES string of the molecule is O=C(O)C1CCC(NCC2Cc3ccccc3S2)CC1. The van der Waals surface area contributed by atoms with Crippen molar-refractivity contribution in [1.82, 2.24) is 5.32 Å². The minimum atomic E-state index is -0.620. The highest BCUT2D eigenvalue weighted by molar-refractivity contribution is 8.00. The van der Waals surface area contributed by atoms with Gasteiger partial charge < -0.3 is 10.4 Å². The van der Waals surface area contributed by atoms with Gasteiger partial charge in [0.1, 0.15) is 0 Å². The van der Waals surface area contributed by atoms with Gasteiger partial charge in [-0.1, -0.05) is 18.2 Å². The maximum atomic E-state index is 10.9. The van der Waals surface area contributed by atoms with E-state index < -0.39 is 5.97 Å². The van der Waals surface area contributed by atoms with Gasteiger partial charge >= 0.3 is 5.97 Å². The predicted molar refractivity (Wildman–Crippen MR) is 81.2 cm³/mol. The van der Waals surface area contributed by atoms with E-state index in [-0.39, 0.29) is 5.92 Å². The van der Waals surface area contributed by atoms with Crippen molar-refractivity contribution in [3.05, 3.63) is 29.8 Å². The van der Waals surface area contributed by atoms with E-state index in [1.165, 1.54) is 10.5 Å². The molecule has 2 aliphatic rings. The Balaban J connectivity index is 1.43. The van der Waals surface area contributed by atoms with Gasteiger partial charge in [0, 0.05) is 22.7 Å². The molecular weight excluding hydrogens is 270 g/mol. The Kier molecular flexibility index (Phi) is 4.32. The second-order valence-electron chi connectivity index (χ2n) is 5.85. The van der Waals surface area contributed by atoms with E-state index in [4.69, 9.17) is 5.11 Å². The maximum absolute atomic E-state index is 10.9. The van der Waals surface area contributed by atoms with Crippen LogP contribution in [-0.4, -0.2) is 28.9 Å². The van der Waals surface area contributed by atoms with E-state index in [1.807, 2.05) is 11.8 Å². The van der Waals surface area contributed by atoms with Gasteiger partial charge in [0.05, 0.1) is 5.92 Å². The fourth-order valence-electron chi connectivity index (χ4n) is 3.21. The maximum Gasteiger partial charge on any atom is 0.306 e. The standard InChI is InChI=1S/C16H21NO2S/c18-16(19)11-5-7-13(8-6-11)17-10-14-9-12-3-1-2-4-15(12)20-14/h1-4,11,13-14,17H,5-10H2,(H,18,19). The highest BCUT2D eigenvalue weighted by Crippen LogP contribution is 2.36. The van der Waals surface area contributed by atoms with Crippen LogP contribution in [0.3, 0.4) is 0 Å². The number of rotatable bonds is 4. The van der Waals surface area contributed by atoms with Gasteiger partial charge in [0.25, 0.3) is 0 Å². The molecule has 0 amide bonds. The summed E-state index contributed by atoms with van der Waals surface area (Å²) in [6.45, 7) is 1.03. The van der Waals surface area contributed by atoms with E-state index in [0.717, 1.165) is 38.6 Å². The fourth-order valence-corrected chi connectivity index (χ4v) is 4.47. The van der Waals surface area contributed by atoms with Crippen LogP contribution in [0.5, 0.6) is 0 Å². The molecule has 1 fully saturated rings. The molecule has 1 aromatic rings. The number of carboxylic acids is 1. The first-order valence-corrected chi connectivity index (χ1v) is 8.31. The number of hydrogen-bond donors (Lipinski definition) is 2. The lowest BCUT2D eigenvalue weighted by Crippen LogP contribution is -2.38. The minimum Gasteiger partial charge on any atom is -0.481 e. The Hall–Kier alpha value is -1.00. The Morgan fingerprint density at radius 3 is 2.70 bits per heavy atom. The van der Waals surface area contributed by atoms with Crippen molar-refractivity contribution in [2.45, 2.75) is 48.3 Å². The highest BCUT2D eigenvalue weighted by Gasteiger charge is 2.27. The molecule has 1 atom stereocenters. The van der Waals surface area contributed by atoms with Crippen LogP contribution in [0.2, 0.25) is 0 Å². The third-order valence-electron chi connectivity index (χ3n) is 4.42. The number of carboxylic acid groups (broad SMARTS) is 1. The Labute approximate surface area is 124 Å². The third-order valence-corrected chi connectivity index (χ3v) is 5.74. The molecule has 0 spiro atoms. The van der Waals surface area contributed by atoms with Gasteiger partial charge in [-0.3, -0.25) is 4.79 Å². The summed E-state index contributed by atoms with van der Waals surface area (Å²) < 4.78 is 0. The highest BCUT2D eigenvalue weighted by atomic mass is 32.2. The molecule has 3 rings (SSSR count). The van der Waals surface area contributed by atoms with Crippen molar-refractivity contribution in [2.75, 3.05) is 6.54 Å². The quantitative estimate of drug-likeness (QED) is 0.895. The number of benzene rings is 1. The molecule has 0 bridgehead atoms. The molecule has 4 heteroatoms. The van der Waals surface area contributed by atoms with E-state index in [0.29, 0.717) is 11.3 Å². The summed E-state index contributed by atoms with van der Waals surface area (Å²) >= 11 is 1.97. The zero-order valence-corrected chi connectivity index (χ0v) is 12.4. The number of thioether (sulfide) groups is 1. The zero-order valence-electron chi connectivity index (χ0n) is 11.5. The molecule has 0 radical (unpaired) electrons. The first-order valence-electron chi connectivity index (χ1n) is 7.43. The average Bonchev–Trinajstić information content (AvgIpc) is 2.88. The molecule has 3 nitrogen and oxygen atoms in total. The van der Waals surface area contributed by atoms with Crippen LogP contribution in [0.1, 0.15) is 31.2 Å². The van der Waals surface area contributed by atoms with E-state index in [2.05, 4.69) is 29.6 Å². The molecule has 1 heterocycles. The van der Waals surface area contributed by atoms with Crippen molar-refractivity contribution in [3.8, 4) is 0 Å². The van der Waals surface area contributed by atoms with Crippen molar-refractivity contribution < 1.29 is 9.90 Å². The van der Waals surface area contributed by atoms with E-state index in [1.54, 1.807) is 0 Å². The normalized spacial score (nSPS) is 29.1. The van der Waals surface area contributed by atoms with Crippen LogP contribution in [0, 0.1) is 5.92 Å². The van der Waals surface area contributed by atoms with Crippen molar-refractivity contribution in [2.24, 2.45) is 5.92 Å². The monoisotopic (exact) mass is 291 g/mol. The summed E-state index contributed by atoms with van der Waals surface area (Å²) in [4.78, 5) is 12.4. The lowest BCUT2D eigenvalue weighted by molar-refractivity contribution is -0.142. The number of nitrogens with one attached hydrogen (secondary N) is 1. The molecule has 1 aliphatic heterocycles. The molecule has 20 heavy (non-hydrogen) atoms. The summed E-state index contributed by atoms with van der Waals surface area (Å²) in [6.07, 6.45) is 4.80. The lowest BCUT2D eigenvalue weighted by Gasteiger charge is -2.27. The van der Waals surface area contributed by atoms with Gasteiger partial charge in [0.15, 0.2) is 0 Å². The Bertz CT molecular complexity index is 458. The van der Waals surface area contributed by atoms with Gasteiger partial charge in [0.2, 0.25) is 0 Å². The number of fused-ring (bicyclic) bond motifs is 1. The molecule has 0 aromatic heterocycles. The second-order valence-corrected chi connectivity index (χ2v) is 7.19. The molecule has 2 N–H and O–H groups in total. The van der Waals surface area contributed by atoms with Crippen molar-refractivity contribution in [3.63, 3.8) is 0 Å². The Morgan fingerprint density at radius 1 is 1.25 bits per heavy atom. The number of aliphatic carboxylic acids is 1. The van der Waals surface area contributed by atoms with Gasteiger partial charge in [-0.05, 0) is 43.7 Å². The fraction of sp³-hybridized carbons (Fsp3) is 0.562. The van der Waals surface area contributed by atoms with Crippen LogP contribution >= 0.6 is 11.8 Å². The van der Waals surface area contributed by atoms with Crippen LogP contribution < -0.4 is 5.32 Å².